The second kappa shape index (κ2) is 5.61. The molecule has 5 heteroatoms. The van der Waals surface area contributed by atoms with Crippen LogP contribution in [0.4, 0.5) is 0 Å². The SMILES string of the molecule is O=C(Cc1noc2ccccc12)OCc1cc2ccccc2o1. The van der Waals surface area contributed by atoms with Crippen LogP contribution in [0, 0.1) is 0 Å². The number of fused-ring (bicyclic) bond motifs is 2. The molecule has 114 valence electrons. The highest BCUT2D eigenvalue weighted by Gasteiger charge is 2.14. The van der Waals surface area contributed by atoms with Gasteiger partial charge >= 0.3 is 5.97 Å². The minimum Gasteiger partial charge on any atom is -0.457 e. The highest BCUT2D eigenvalue weighted by atomic mass is 16.5. The average molecular weight is 307 g/mol. The van der Waals surface area contributed by atoms with Gasteiger partial charge in [-0.2, -0.15) is 0 Å². The Morgan fingerprint density at radius 1 is 1.04 bits per heavy atom. The number of ether oxygens (including phenoxy) is 1. The van der Waals surface area contributed by atoms with Gasteiger partial charge in [0, 0.05) is 10.8 Å². The third-order valence-electron chi connectivity index (χ3n) is 3.62. The maximum absolute atomic E-state index is 12.0. The Morgan fingerprint density at radius 2 is 1.83 bits per heavy atom. The summed E-state index contributed by atoms with van der Waals surface area (Å²) in [5.74, 6) is 0.245. The quantitative estimate of drug-likeness (QED) is 0.536. The lowest BCUT2D eigenvalue weighted by atomic mass is 10.2. The number of carbonyl (C=O) groups is 1. The molecule has 0 saturated carbocycles. The molecule has 2 aromatic heterocycles. The van der Waals surface area contributed by atoms with E-state index in [9.17, 15) is 4.79 Å². The smallest absolute Gasteiger partial charge is 0.312 e. The van der Waals surface area contributed by atoms with Gasteiger partial charge in [-0.25, -0.2) is 0 Å². The lowest BCUT2D eigenvalue weighted by molar-refractivity contribution is -0.144. The Balaban J connectivity index is 1.43. The number of hydrogen-bond donors (Lipinski definition) is 0. The number of esters is 1. The van der Waals surface area contributed by atoms with Crippen molar-refractivity contribution in [2.75, 3.05) is 0 Å². The van der Waals surface area contributed by atoms with E-state index in [1.165, 1.54) is 0 Å². The number of rotatable bonds is 4. The van der Waals surface area contributed by atoms with Gasteiger partial charge < -0.3 is 13.7 Å². The van der Waals surface area contributed by atoms with Crippen molar-refractivity contribution in [3.05, 3.63) is 66.1 Å². The van der Waals surface area contributed by atoms with E-state index < -0.39 is 0 Å². The Morgan fingerprint density at radius 3 is 2.70 bits per heavy atom. The van der Waals surface area contributed by atoms with E-state index in [1.54, 1.807) is 0 Å². The summed E-state index contributed by atoms with van der Waals surface area (Å²) in [7, 11) is 0. The number of furan rings is 1. The van der Waals surface area contributed by atoms with E-state index in [0.717, 1.165) is 16.4 Å². The number of para-hydroxylation sites is 2. The Kier molecular flexibility index (Phi) is 3.31. The molecule has 0 aliphatic rings. The number of carbonyl (C=O) groups excluding carboxylic acids is 1. The predicted octanol–water partition coefficient (Wildman–Crippen LogP) is 3.86. The number of benzene rings is 2. The van der Waals surface area contributed by atoms with Crippen LogP contribution in [0.25, 0.3) is 21.9 Å². The van der Waals surface area contributed by atoms with Gasteiger partial charge in [-0.3, -0.25) is 4.79 Å². The molecule has 0 spiro atoms. The van der Waals surface area contributed by atoms with Crippen LogP contribution in [0.1, 0.15) is 11.5 Å². The minimum atomic E-state index is -0.371. The van der Waals surface area contributed by atoms with Gasteiger partial charge in [-0.05, 0) is 24.3 Å². The molecule has 4 rings (SSSR count). The maximum Gasteiger partial charge on any atom is 0.312 e. The zero-order chi connectivity index (χ0) is 15.6. The van der Waals surface area contributed by atoms with Crippen LogP contribution >= 0.6 is 0 Å². The second-order valence-electron chi connectivity index (χ2n) is 5.21. The van der Waals surface area contributed by atoms with Crippen molar-refractivity contribution >= 4 is 27.9 Å². The monoisotopic (exact) mass is 307 g/mol. The van der Waals surface area contributed by atoms with E-state index in [2.05, 4.69) is 5.16 Å². The summed E-state index contributed by atoms with van der Waals surface area (Å²) in [5, 5.41) is 5.74. The van der Waals surface area contributed by atoms with Crippen molar-refractivity contribution in [3.8, 4) is 0 Å². The fraction of sp³-hybridized carbons (Fsp3) is 0.111. The molecule has 0 fully saturated rings. The summed E-state index contributed by atoms with van der Waals surface area (Å²) in [4.78, 5) is 12.0. The average Bonchev–Trinajstić information content (AvgIpc) is 3.17. The summed E-state index contributed by atoms with van der Waals surface area (Å²) in [6.45, 7) is 0.100. The van der Waals surface area contributed by atoms with Crippen LogP contribution in [-0.2, 0) is 22.6 Å². The summed E-state index contributed by atoms with van der Waals surface area (Å²) in [5.41, 5.74) is 2.02. The van der Waals surface area contributed by atoms with Crippen molar-refractivity contribution in [1.82, 2.24) is 5.16 Å². The molecule has 0 bridgehead atoms. The third kappa shape index (κ3) is 2.68. The molecular weight excluding hydrogens is 294 g/mol. The van der Waals surface area contributed by atoms with Gasteiger partial charge in [0.2, 0.25) is 0 Å². The van der Waals surface area contributed by atoms with Crippen LogP contribution in [-0.4, -0.2) is 11.1 Å². The first-order valence-corrected chi connectivity index (χ1v) is 7.26. The van der Waals surface area contributed by atoms with Crippen LogP contribution in [0.15, 0.2) is 63.5 Å². The molecule has 23 heavy (non-hydrogen) atoms. The lowest BCUT2D eigenvalue weighted by Gasteiger charge is -2.01. The topological polar surface area (TPSA) is 65.5 Å². The van der Waals surface area contributed by atoms with Crippen molar-refractivity contribution < 1.29 is 18.5 Å². The van der Waals surface area contributed by atoms with Crippen molar-refractivity contribution in [2.24, 2.45) is 0 Å². The normalized spacial score (nSPS) is 11.1. The molecule has 0 aliphatic heterocycles. The summed E-state index contributed by atoms with van der Waals surface area (Å²) in [6, 6.07) is 16.9. The van der Waals surface area contributed by atoms with Crippen LogP contribution in [0.3, 0.4) is 0 Å². The summed E-state index contributed by atoms with van der Waals surface area (Å²) >= 11 is 0. The summed E-state index contributed by atoms with van der Waals surface area (Å²) in [6.07, 6.45) is 0.0667. The van der Waals surface area contributed by atoms with Gasteiger partial charge in [-0.15, -0.1) is 0 Å². The van der Waals surface area contributed by atoms with Crippen LogP contribution in [0.2, 0.25) is 0 Å². The predicted molar refractivity (Wildman–Crippen MR) is 83.7 cm³/mol. The molecule has 0 unspecified atom stereocenters. The lowest BCUT2D eigenvalue weighted by Crippen LogP contribution is -2.08. The molecule has 4 aromatic rings. The van der Waals surface area contributed by atoms with E-state index >= 15 is 0 Å². The van der Waals surface area contributed by atoms with Gasteiger partial charge in [0.25, 0.3) is 0 Å². The number of aromatic nitrogens is 1. The zero-order valence-corrected chi connectivity index (χ0v) is 12.2. The van der Waals surface area contributed by atoms with Crippen molar-refractivity contribution in [2.45, 2.75) is 13.0 Å². The highest BCUT2D eigenvalue weighted by Crippen LogP contribution is 2.20. The first-order valence-electron chi connectivity index (χ1n) is 7.26. The maximum atomic E-state index is 12.0. The largest absolute Gasteiger partial charge is 0.457 e. The molecule has 0 atom stereocenters. The van der Waals surface area contributed by atoms with Crippen LogP contribution < -0.4 is 0 Å². The van der Waals surface area contributed by atoms with Gasteiger partial charge in [0.1, 0.15) is 23.6 Å². The summed E-state index contributed by atoms with van der Waals surface area (Å²) < 4.78 is 16.1. The van der Waals surface area contributed by atoms with E-state index in [0.29, 0.717) is 17.0 Å². The molecule has 0 radical (unpaired) electrons. The molecule has 0 saturated heterocycles. The Bertz CT molecular complexity index is 950. The van der Waals surface area contributed by atoms with E-state index in [4.69, 9.17) is 13.7 Å². The second-order valence-corrected chi connectivity index (χ2v) is 5.21. The zero-order valence-electron chi connectivity index (χ0n) is 12.2. The highest BCUT2D eigenvalue weighted by molar-refractivity contribution is 5.84. The third-order valence-corrected chi connectivity index (χ3v) is 3.62. The molecule has 0 N–H and O–H groups in total. The molecule has 0 aliphatic carbocycles. The van der Waals surface area contributed by atoms with Crippen LogP contribution in [0.5, 0.6) is 0 Å². The van der Waals surface area contributed by atoms with Gasteiger partial charge in [0.15, 0.2) is 5.58 Å². The number of nitrogens with zero attached hydrogens (tertiary/aromatic N) is 1. The number of hydrogen-bond acceptors (Lipinski definition) is 5. The fourth-order valence-electron chi connectivity index (χ4n) is 2.51. The minimum absolute atomic E-state index is 0.0667. The van der Waals surface area contributed by atoms with E-state index in [-0.39, 0.29) is 19.0 Å². The van der Waals surface area contributed by atoms with Gasteiger partial charge in [0.05, 0.1) is 6.42 Å². The molecule has 0 amide bonds. The van der Waals surface area contributed by atoms with Gasteiger partial charge in [-0.1, -0.05) is 35.5 Å². The molecule has 5 nitrogen and oxygen atoms in total. The van der Waals surface area contributed by atoms with E-state index in [1.807, 2.05) is 54.6 Å². The first kappa shape index (κ1) is 13.6. The molecule has 2 aromatic carbocycles. The standard InChI is InChI=1S/C18H13NO4/c20-18(10-15-14-6-2-4-8-17(14)23-19-15)21-11-13-9-12-5-1-3-7-16(12)22-13/h1-9H,10-11H2. The van der Waals surface area contributed by atoms with Crippen molar-refractivity contribution in [1.29, 1.82) is 0 Å². The Hall–Kier alpha value is -3.08. The Labute approximate surface area is 131 Å². The first-order chi connectivity index (χ1) is 11.3. The molecule has 2 heterocycles. The van der Waals surface area contributed by atoms with Crippen molar-refractivity contribution in [3.63, 3.8) is 0 Å². The fourth-order valence-corrected chi connectivity index (χ4v) is 2.51. The molecular formula is C18H13NO4.